The van der Waals surface area contributed by atoms with Gasteiger partial charge in [0.15, 0.2) is 0 Å². The van der Waals surface area contributed by atoms with Gasteiger partial charge in [-0.1, -0.05) is 123 Å². The minimum atomic E-state index is 1.15. The van der Waals surface area contributed by atoms with Crippen molar-refractivity contribution in [3.05, 3.63) is 11.3 Å². The predicted molar refractivity (Wildman–Crippen MR) is 125 cm³/mol. The highest BCUT2D eigenvalue weighted by atomic mass is 14.6. The summed E-state index contributed by atoms with van der Waals surface area (Å²) in [5.41, 5.74) is 9.44. The van der Waals surface area contributed by atoms with Crippen molar-refractivity contribution in [2.24, 2.45) is 5.73 Å². The van der Waals surface area contributed by atoms with Gasteiger partial charge in [0.05, 0.1) is 0 Å². The molecule has 1 heteroatoms. The van der Waals surface area contributed by atoms with Crippen molar-refractivity contribution < 1.29 is 0 Å². The third kappa shape index (κ3) is 18.7. The molecule has 0 amide bonds. The molecule has 2 N–H and O–H groups in total. The number of rotatable bonds is 21. The van der Waals surface area contributed by atoms with Crippen LogP contribution in [-0.2, 0) is 0 Å². The molecule has 0 aliphatic carbocycles. The van der Waals surface area contributed by atoms with Gasteiger partial charge < -0.3 is 5.73 Å². The number of unbranched alkanes of at least 4 members (excludes halogenated alkanes) is 15. The number of hydrogen-bond acceptors (Lipinski definition) is 1. The fraction of sp³-hybridized carbons (Fsp3) is 0.923. The number of nitrogens with two attached hydrogens (primary N) is 1. The van der Waals surface area contributed by atoms with Crippen molar-refractivity contribution in [1.82, 2.24) is 0 Å². The Balaban J connectivity index is 4.16. The van der Waals surface area contributed by atoms with Crippen LogP contribution in [0.3, 0.4) is 0 Å². The van der Waals surface area contributed by atoms with Crippen molar-refractivity contribution in [3.63, 3.8) is 0 Å². The van der Waals surface area contributed by atoms with Crippen molar-refractivity contribution >= 4 is 0 Å². The van der Waals surface area contributed by atoms with Crippen LogP contribution in [0, 0.1) is 0 Å². The minimum absolute atomic E-state index is 1.15. The average molecular weight is 380 g/mol. The first kappa shape index (κ1) is 26.5. The SMILES string of the molecule is CCCCCCCCC(N)=C(CCCCCCCC)CCCCCCCC. The van der Waals surface area contributed by atoms with E-state index in [4.69, 9.17) is 5.73 Å². The zero-order chi connectivity index (χ0) is 20.0. The van der Waals surface area contributed by atoms with E-state index in [-0.39, 0.29) is 0 Å². The molecule has 0 rings (SSSR count). The molecule has 0 aliphatic heterocycles. The molecule has 0 heterocycles. The lowest BCUT2D eigenvalue weighted by molar-refractivity contribution is 0.574. The summed E-state index contributed by atoms with van der Waals surface area (Å²) < 4.78 is 0. The number of allylic oxidation sites excluding steroid dienone is 2. The Morgan fingerprint density at radius 1 is 0.407 bits per heavy atom. The van der Waals surface area contributed by atoms with Crippen molar-refractivity contribution in [2.45, 2.75) is 156 Å². The lowest BCUT2D eigenvalue weighted by Gasteiger charge is -2.13. The third-order valence-electron chi connectivity index (χ3n) is 5.92. The van der Waals surface area contributed by atoms with E-state index in [1.807, 2.05) is 0 Å². The van der Waals surface area contributed by atoms with Crippen LogP contribution in [0.4, 0.5) is 0 Å². The molecule has 0 bridgehead atoms. The van der Waals surface area contributed by atoms with Crippen LogP contribution in [0.2, 0.25) is 0 Å². The zero-order valence-corrected chi connectivity index (χ0v) is 19.4. The Morgan fingerprint density at radius 3 is 1.07 bits per heavy atom. The van der Waals surface area contributed by atoms with E-state index in [1.165, 1.54) is 134 Å². The third-order valence-corrected chi connectivity index (χ3v) is 5.92. The molecule has 0 aromatic heterocycles. The van der Waals surface area contributed by atoms with Crippen LogP contribution in [0.25, 0.3) is 0 Å². The van der Waals surface area contributed by atoms with Gasteiger partial charge in [0.25, 0.3) is 0 Å². The van der Waals surface area contributed by atoms with Crippen molar-refractivity contribution in [1.29, 1.82) is 0 Å². The summed E-state index contributed by atoms with van der Waals surface area (Å²) >= 11 is 0. The van der Waals surface area contributed by atoms with E-state index in [1.54, 1.807) is 5.57 Å². The maximum absolute atomic E-state index is 6.56. The largest absolute Gasteiger partial charge is 0.402 e. The quantitative estimate of drug-likeness (QED) is 0.197. The molecule has 0 atom stereocenters. The maximum Gasteiger partial charge on any atom is 0.00723 e. The summed E-state index contributed by atoms with van der Waals surface area (Å²) in [5.74, 6) is 0. The van der Waals surface area contributed by atoms with Gasteiger partial charge in [-0.05, 0) is 38.5 Å². The van der Waals surface area contributed by atoms with Crippen LogP contribution in [-0.4, -0.2) is 0 Å². The lowest BCUT2D eigenvalue weighted by atomic mass is 9.96. The Hall–Kier alpha value is -0.460. The average Bonchev–Trinajstić information content (AvgIpc) is 2.68. The Morgan fingerprint density at radius 2 is 0.704 bits per heavy atom. The summed E-state index contributed by atoms with van der Waals surface area (Å²) in [6.45, 7) is 6.88. The molecule has 0 fully saturated rings. The normalized spacial score (nSPS) is 11.1. The highest BCUT2D eigenvalue weighted by Gasteiger charge is 2.05. The van der Waals surface area contributed by atoms with Gasteiger partial charge in [-0.3, -0.25) is 0 Å². The van der Waals surface area contributed by atoms with Gasteiger partial charge in [0, 0.05) is 5.70 Å². The molecule has 0 aromatic carbocycles. The smallest absolute Gasteiger partial charge is 0.00723 e. The number of hydrogen-bond donors (Lipinski definition) is 1. The van der Waals surface area contributed by atoms with Crippen LogP contribution in [0.5, 0.6) is 0 Å². The van der Waals surface area contributed by atoms with Crippen molar-refractivity contribution in [3.8, 4) is 0 Å². The lowest BCUT2D eigenvalue weighted by Crippen LogP contribution is -2.04. The molecular formula is C26H53N. The monoisotopic (exact) mass is 379 g/mol. The second-order valence-electron chi connectivity index (χ2n) is 8.68. The minimum Gasteiger partial charge on any atom is -0.402 e. The van der Waals surface area contributed by atoms with E-state index in [9.17, 15) is 0 Å². The summed E-state index contributed by atoms with van der Waals surface area (Å²) in [7, 11) is 0. The van der Waals surface area contributed by atoms with Gasteiger partial charge in [0.1, 0.15) is 0 Å². The summed E-state index contributed by atoms with van der Waals surface area (Å²) in [6, 6.07) is 0. The van der Waals surface area contributed by atoms with Crippen LogP contribution >= 0.6 is 0 Å². The molecule has 162 valence electrons. The van der Waals surface area contributed by atoms with E-state index in [0.29, 0.717) is 0 Å². The maximum atomic E-state index is 6.56. The molecule has 0 radical (unpaired) electrons. The first-order valence-electron chi connectivity index (χ1n) is 12.7. The topological polar surface area (TPSA) is 26.0 Å². The summed E-state index contributed by atoms with van der Waals surface area (Å²) in [5, 5.41) is 0. The molecule has 0 aromatic rings. The van der Waals surface area contributed by atoms with E-state index in [0.717, 1.165) is 6.42 Å². The first-order chi connectivity index (χ1) is 13.3. The Kier molecular flexibility index (Phi) is 21.5. The molecular weight excluding hydrogens is 326 g/mol. The second kappa shape index (κ2) is 21.8. The molecule has 0 unspecified atom stereocenters. The van der Waals surface area contributed by atoms with Gasteiger partial charge in [-0.25, -0.2) is 0 Å². The Bertz CT molecular complexity index is 300. The Labute approximate surface area is 173 Å². The van der Waals surface area contributed by atoms with Gasteiger partial charge in [-0.2, -0.15) is 0 Å². The van der Waals surface area contributed by atoms with Crippen LogP contribution in [0.1, 0.15) is 156 Å². The second-order valence-corrected chi connectivity index (χ2v) is 8.68. The van der Waals surface area contributed by atoms with Crippen LogP contribution in [0.15, 0.2) is 11.3 Å². The molecule has 0 saturated carbocycles. The molecule has 0 aliphatic rings. The highest BCUT2D eigenvalue weighted by molar-refractivity contribution is 5.11. The van der Waals surface area contributed by atoms with E-state index in [2.05, 4.69) is 20.8 Å². The fourth-order valence-electron chi connectivity index (χ4n) is 3.96. The summed E-state index contributed by atoms with van der Waals surface area (Å²) in [4.78, 5) is 0. The summed E-state index contributed by atoms with van der Waals surface area (Å²) in [6.07, 6.45) is 28.5. The standard InChI is InChI=1S/C26H53N/c1-4-7-10-13-16-19-22-25(23-20-17-14-11-8-5-2)26(27)24-21-18-15-12-9-6-3/h4-24,27H2,1-3H3. The van der Waals surface area contributed by atoms with E-state index >= 15 is 0 Å². The highest BCUT2D eigenvalue weighted by Crippen LogP contribution is 2.22. The van der Waals surface area contributed by atoms with Crippen LogP contribution < -0.4 is 5.73 Å². The van der Waals surface area contributed by atoms with Crippen molar-refractivity contribution in [2.75, 3.05) is 0 Å². The van der Waals surface area contributed by atoms with E-state index < -0.39 is 0 Å². The molecule has 0 spiro atoms. The first-order valence-corrected chi connectivity index (χ1v) is 12.7. The predicted octanol–water partition coefficient (Wildman–Crippen LogP) is 9.45. The van der Waals surface area contributed by atoms with Gasteiger partial charge in [0.2, 0.25) is 0 Å². The van der Waals surface area contributed by atoms with Gasteiger partial charge >= 0.3 is 0 Å². The molecule has 1 nitrogen and oxygen atoms in total. The van der Waals surface area contributed by atoms with Gasteiger partial charge in [-0.15, -0.1) is 0 Å². The molecule has 0 saturated heterocycles. The molecule has 27 heavy (non-hydrogen) atoms. The fourth-order valence-corrected chi connectivity index (χ4v) is 3.96. The zero-order valence-electron chi connectivity index (χ0n) is 19.4.